The van der Waals surface area contributed by atoms with Gasteiger partial charge in [-0.25, -0.2) is 10.1 Å². The van der Waals surface area contributed by atoms with Crippen LogP contribution in [-0.2, 0) is 7.05 Å². The molecule has 1 aromatic heterocycles. The summed E-state index contributed by atoms with van der Waals surface area (Å²) >= 11 is 0. The SMILES string of the molecule is C/C(=N\NC(=O)c1nn(C)c(=O)c2ccccc12)c1ccccc1O. The second-order valence-electron chi connectivity index (χ2n) is 5.48. The highest BCUT2D eigenvalue weighted by Crippen LogP contribution is 2.16. The van der Waals surface area contributed by atoms with Crippen LogP contribution in [0.2, 0.25) is 0 Å². The quantitative estimate of drug-likeness (QED) is 0.563. The minimum Gasteiger partial charge on any atom is -0.507 e. The lowest BCUT2D eigenvalue weighted by Crippen LogP contribution is -2.27. The first kappa shape index (κ1) is 16.4. The van der Waals surface area contributed by atoms with Gasteiger partial charge < -0.3 is 5.11 Å². The standard InChI is InChI=1S/C18H16N4O3/c1-11(12-7-5-6-10-15(12)23)19-20-17(24)16-13-8-3-4-9-14(13)18(25)22(2)21-16/h3-10,23H,1-2H3,(H,20,24)/b19-11+. The van der Waals surface area contributed by atoms with Crippen LogP contribution in [0.3, 0.4) is 0 Å². The molecule has 0 aliphatic heterocycles. The maximum absolute atomic E-state index is 12.5. The minimum atomic E-state index is -0.540. The van der Waals surface area contributed by atoms with E-state index in [4.69, 9.17) is 0 Å². The molecule has 3 aromatic rings. The first-order valence-electron chi connectivity index (χ1n) is 7.58. The molecule has 0 aliphatic carbocycles. The van der Waals surface area contributed by atoms with Crippen molar-refractivity contribution >= 4 is 22.4 Å². The molecule has 0 fully saturated rings. The summed E-state index contributed by atoms with van der Waals surface area (Å²) in [6.07, 6.45) is 0. The number of carbonyl (C=O) groups excluding carboxylic acids is 1. The Morgan fingerprint density at radius 3 is 2.48 bits per heavy atom. The molecule has 0 radical (unpaired) electrons. The van der Waals surface area contributed by atoms with Crippen LogP contribution in [0.4, 0.5) is 0 Å². The third kappa shape index (κ3) is 3.12. The van der Waals surface area contributed by atoms with E-state index in [9.17, 15) is 14.7 Å². The number of rotatable bonds is 3. The van der Waals surface area contributed by atoms with E-state index in [1.54, 1.807) is 49.4 Å². The van der Waals surface area contributed by atoms with Crippen LogP contribution in [0, 0.1) is 0 Å². The zero-order valence-corrected chi connectivity index (χ0v) is 13.7. The third-order valence-corrected chi connectivity index (χ3v) is 3.79. The summed E-state index contributed by atoms with van der Waals surface area (Å²) in [5.41, 5.74) is 3.21. The summed E-state index contributed by atoms with van der Waals surface area (Å²) in [5.74, 6) is -0.467. The van der Waals surface area contributed by atoms with Gasteiger partial charge in [0.05, 0.1) is 11.1 Å². The number of phenols is 1. The normalized spacial score (nSPS) is 11.5. The van der Waals surface area contributed by atoms with Crippen LogP contribution in [0.1, 0.15) is 23.0 Å². The van der Waals surface area contributed by atoms with Crippen molar-refractivity contribution in [2.24, 2.45) is 12.1 Å². The summed E-state index contributed by atoms with van der Waals surface area (Å²) in [6.45, 7) is 1.67. The van der Waals surface area contributed by atoms with Gasteiger partial charge in [-0.3, -0.25) is 9.59 Å². The summed E-state index contributed by atoms with van der Waals surface area (Å²) < 4.78 is 1.12. The predicted octanol–water partition coefficient (Wildman–Crippen LogP) is 1.79. The number of aromatic nitrogens is 2. The fourth-order valence-corrected chi connectivity index (χ4v) is 2.49. The van der Waals surface area contributed by atoms with Crippen LogP contribution in [0.25, 0.3) is 10.8 Å². The Labute approximate surface area is 143 Å². The van der Waals surface area contributed by atoms with Crippen molar-refractivity contribution in [3.63, 3.8) is 0 Å². The largest absolute Gasteiger partial charge is 0.507 e. The number of amides is 1. The Hall–Kier alpha value is -3.48. The van der Waals surface area contributed by atoms with Gasteiger partial charge in [0.1, 0.15) is 5.75 Å². The van der Waals surface area contributed by atoms with Crippen molar-refractivity contribution in [3.05, 3.63) is 70.1 Å². The van der Waals surface area contributed by atoms with E-state index in [-0.39, 0.29) is 17.0 Å². The topological polar surface area (TPSA) is 96.6 Å². The molecule has 0 saturated heterocycles. The molecule has 0 spiro atoms. The van der Waals surface area contributed by atoms with E-state index >= 15 is 0 Å². The number of phenolic OH excluding ortho intramolecular Hbond substituents is 1. The highest BCUT2D eigenvalue weighted by atomic mass is 16.3. The maximum atomic E-state index is 12.5. The summed E-state index contributed by atoms with van der Waals surface area (Å²) in [5, 5.41) is 18.8. The average molecular weight is 336 g/mol. The molecule has 0 aliphatic rings. The first-order chi connectivity index (χ1) is 12.0. The van der Waals surface area contributed by atoms with E-state index in [2.05, 4.69) is 15.6 Å². The maximum Gasteiger partial charge on any atom is 0.292 e. The van der Waals surface area contributed by atoms with Gasteiger partial charge in [-0.2, -0.15) is 10.2 Å². The Kier molecular flexibility index (Phi) is 4.30. The van der Waals surface area contributed by atoms with Gasteiger partial charge in [0.25, 0.3) is 11.5 Å². The van der Waals surface area contributed by atoms with Crippen LogP contribution in [-0.4, -0.2) is 26.5 Å². The smallest absolute Gasteiger partial charge is 0.292 e. The number of carbonyl (C=O) groups is 1. The summed E-state index contributed by atoms with van der Waals surface area (Å²) in [6, 6.07) is 13.5. The van der Waals surface area contributed by atoms with Gasteiger partial charge in [-0.05, 0) is 25.1 Å². The second kappa shape index (κ2) is 6.56. The number of nitrogens with zero attached hydrogens (tertiary/aromatic N) is 3. The van der Waals surface area contributed by atoms with E-state index < -0.39 is 5.91 Å². The predicted molar refractivity (Wildman–Crippen MR) is 94.8 cm³/mol. The fraction of sp³-hybridized carbons (Fsp3) is 0.111. The molecule has 1 amide bonds. The number of benzene rings is 2. The van der Waals surface area contributed by atoms with E-state index in [0.717, 1.165) is 4.68 Å². The molecule has 0 atom stereocenters. The van der Waals surface area contributed by atoms with E-state index in [0.29, 0.717) is 22.0 Å². The van der Waals surface area contributed by atoms with Crippen molar-refractivity contribution in [1.29, 1.82) is 0 Å². The van der Waals surface area contributed by atoms with Crippen molar-refractivity contribution in [3.8, 4) is 5.75 Å². The van der Waals surface area contributed by atoms with Gasteiger partial charge in [0, 0.05) is 18.0 Å². The molecular formula is C18H16N4O3. The van der Waals surface area contributed by atoms with E-state index in [1.165, 1.54) is 13.1 Å². The molecule has 0 saturated carbocycles. The molecular weight excluding hydrogens is 320 g/mol. The fourth-order valence-electron chi connectivity index (χ4n) is 2.49. The lowest BCUT2D eigenvalue weighted by molar-refractivity contribution is 0.0949. The molecule has 1 heterocycles. The number of hydrogen-bond donors (Lipinski definition) is 2. The van der Waals surface area contributed by atoms with Crippen molar-refractivity contribution in [2.75, 3.05) is 0 Å². The number of aromatic hydroxyl groups is 1. The lowest BCUT2D eigenvalue weighted by Gasteiger charge is -2.08. The number of fused-ring (bicyclic) bond motifs is 1. The highest BCUT2D eigenvalue weighted by Gasteiger charge is 2.15. The average Bonchev–Trinajstić information content (AvgIpc) is 2.63. The summed E-state index contributed by atoms with van der Waals surface area (Å²) in [7, 11) is 1.49. The number of hydrazone groups is 1. The van der Waals surface area contributed by atoms with Crippen molar-refractivity contribution in [2.45, 2.75) is 6.92 Å². The monoisotopic (exact) mass is 336 g/mol. The van der Waals surface area contributed by atoms with Gasteiger partial charge in [-0.15, -0.1) is 0 Å². The highest BCUT2D eigenvalue weighted by molar-refractivity contribution is 6.06. The number of nitrogens with one attached hydrogen (secondary N) is 1. The molecule has 126 valence electrons. The summed E-state index contributed by atoms with van der Waals surface area (Å²) in [4.78, 5) is 24.6. The van der Waals surface area contributed by atoms with Crippen molar-refractivity contribution < 1.29 is 9.90 Å². The van der Waals surface area contributed by atoms with Crippen LogP contribution in [0.15, 0.2) is 58.4 Å². The number of aryl methyl sites for hydroxylation is 1. The molecule has 7 nitrogen and oxygen atoms in total. The van der Waals surface area contributed by atoms with Crippen molar-refractivity contribution in [1.82, 2.24) is 15.2 Å². The van der Waals surface area contributed by atoms with E-state index in [1.807, 2.05) is 0 Å². The first-order valence-corrected chi connectivity index (χ1v) is 7.58. The van der Waals surface area contributed by atoms with Gasteiger partial charge in [-0.1, -0.05) is 30.3 Å². The molecule has 2 aromatic carbocycles. The minimum absolute atomic E-state index is 0.0729. The number of para-hydroxylation sites is 1. The van der Waals surface area contributed by atoms with Gasteiger partial charge >= 0.3 is 0 Å². The molecule has 25 heavy (non-hydrogen) atoms. The van der Waals surface area contributed by atoms with Crippen LogP contribution >= 0.6 is 0 Å². The van der Waals surface area contributed by atoms with Crippen LogP contribution in [0.5, 0.6) is 5.75 Å². The zero-order chi connectivity index (χ0) is 18.0. The Morgan fingerprint density at radius 1 is 1.12 bits per heavy atom. The molecule has 7 heteroatoms. The Morgan fingerprint density at radius 2 is 1.76 bits per heavy atom. The van der Waals surface area contributed by atoms with Gasteiger partial charge in [0.15, 0.2) is 5.69 Å². The lowest BCUT2D eigenvalue weighted by atomic mass is 10.1. The second-order valence-corrected chi connectivity index (χ2v) is 5.48. The molecule has 0 bridgehead atoms. The van der Waals surface area contributed by atoms with Crippen LogP contribution < -0.4 is 11.0 Å². The zero-order valence-electron chi connectivity index (χ0n) is 13.7. The number of hydrogen-bond acceptors (Lipinski definition) is 5. The van der Waals surface area contributed by atoms with Gasteiger partial charge in [0.2, 0.25) is 0 Å². The molecule has 3 rings (SSSR count). The molecule has 2 N–H and O–H groups in total. The molecule has 0 unspecified atom stereocenters. The third-order valence-electron chi connectivity index (χ3n) is 3.79. The Bertz CT molecular complexity index is 1050. The Balaban J connectivity index is 1.96.